The lowest BCUT2D eigenvalue weighted by Gasteiger charge is -2.19. The largest absolute Gasteiger partial charge is 0.357 e. The van der Waals surface area contributed by atoms with E-state index in [2.05, 4.69) is 25.2 Å². The van der Waals surface area contributed by atoms with Crippen molar-refractivity contribution in [3.63, 3.8) is 0 Å². The highest BCUT2D eigenvalue weighted by atomic mass is 16.1. The number of hydrogen-bond acceptors (Lipinski definition) is 5. The second kappa shape index (κ2) is 7.04. The van der Waals surface area contributed by atoms with Gasteiger partial charge in [0.25, 0.3) is 5.91 Å². The number of nitrogens with one attached hydrogen (secondary N) is 1. The molecule has 1 amide bonds. The number of anilines is 2. The van der Waals surface area contributed by atoms with Gasteiger partial charge in [0, 0.05) is 30.7 Å². The number of fused-ring (bicyclic) bond motifs is 1. The Balaban J connectivity index is 1.88. The van der Waals surface area contributed by atoms with Crippen LogP contribution in [0.3, 0.4) is 0 Å². The fourth-order valence-corrected chi connectivity index (χ4v) is 2.58. The number of carbonyl (C=O) groups excluding carboxylic acids is 1. The Labute approximate surface area is 140 Å². The van der Waals surface area contributed by atoms with Crippen molar-refractivity contribution in [2.75, 3.05) is 23.3 Å². The molecule has 3 rings (SSSR count). The van der Waals surface area contributed by atoms with Gasteiger partial charge in [0.2, 0.25) is 0 Å². The van der Waals surface area contributed by atoms with Crippen LogP contribution in [-0.2, 0) is 0 Å². The van der Waals surface area contributed by atoms with Gasteiger partial charge < -0.3 is 10.2 Å². The first-order valence-electron chi connectivity index (χ1n) is 7.95. The summed E-state index contributed by atoms with van der Waals surface area (Å²) in [7, 11) is 0. The molecule has 1 aromatic carbocycles. The minimum Gasteiger partial charge on any atom is -0.357 e. The van der Waals surface area contributed by atoms with Crippen molar-refractivity contribution in [1.82, 2.24) is 15.0 Å². The number of amides is 1. The van der Waals surface area contributed by atoms with Gasteiger partial charge in [-0.05, 0) is 26.0 Å². The zero-order valence-electron chi connectivity index (χ0n) is 13.7. The van der Waals surface area contributed by atoms with Crippen LogP contribution >= 0.6 is 0 Å². The lowest BCUT2D eigenvalue weighted by atomic mass is 10.2. The van der Waals surface area contributed by atoms with Crippen LogP contribution < -0.4 is 10.2 Å². The molecule has 0 unspecified atom stereocenters. The lowest BCUT2D eigenvalue weighted by molar-refractivity contribution is 0.102. The van der Waals surface area contributed by atoms with E-state index in [0.717, 1.165) is 29.8 Å². The van der Waals surface area contributed by atoms with Crippen LogP contribution in [0.15, 0.2) is 48.9 Å². The van der Waals surface area contributed by atoms with Crippen molar-refractivity contribution in [1.29, 1.82) is 0 Å². The Bertz CT molecular complexity index is 855. The van der Waals surface area contributed by atoms with Gasteiger partial charge in [-0.3, -0.25) is 9.78 Å². The third-order valence-corrected chi connectivity index (χ3v) is 3.85. The van der Waals surface area contributed by atoms with Crippen LogP contribution in [0.5, 0.6) is 0 Å². The SMILES string of the molecule is CCN(CC)c1cc(C(=O)Nc2cccc3cccnc23)ncn1. The van der Waals surface area contributed by atoms with Crippen LogP contribution in [0.25, 0.3) is 10.9 Å². The molecule has 0 spiro atoms. The van der Waals surface area contributed by atoms with Crippen molar-refractivity contribution >= 4 is 28.3 Å². The highest BCUT2D eigenvalue weighted by Gasteiger charge is 2.13. The summed E-state index contributed by atoms with van der Waals surface area (Å²) in [5.41, 5.74) is 1.76. The maximum Gasteiger partial charge on any atom is 0.274 e. The Hall–Kier alpha value is -3.02. The number of hydrogen-bond donors (Lipinski definition) is 1. The van der Waals surface area contributed by atoms with E-state index < -0.39 is 0 Å². The Morgan fingerprint density at radius 3 is 2.67 bits per heavy atom. The summed E-state index contributed by atoms with van der Waals surface area (Å²) in [6, 6.07) is 11.2. The van der Waals surface area contributed by atoms with Crippen LogP contribution in [0.1, 0.15) is 24.3 Å². The van der Waals surface area contributed by atoms with Gasteiger partial charge in [-0.2, -0.15) is 0 Å². The quantitative estimate of drug-likeness (QED) is 0.782. The Kier molecular flexibility index (Phi) is 4.65. The van der Waals surface area contributed by atoms with Gasteiger partial charge in [0.15, 0.2) is 0 Å². The van der Waals surface area contributed by atoms with E-state index in [1.165, 1.54) is 6.33 Å². The van der Waals surface area contributed by atoms with Crippen molar-refractivity contribution in [2.24, 2.45) is 0 Å². The molecule has 6 heteroatoms. The van der Waals surface area contributed by atoms with E-state index in [1.54, 1.807) is 12.3 Å². The molecule has 3 aromatic rings. The van der Waals surface area contributed by atoms with Gasteiger partial charge in [-0.15, -0.1) is 0 Å². The average Bonchev–Trinajstić information content (AvgIpc) is 2.63. The molecule has 6 nitrogen and oxygen atoms in total. The van der Waals surface area contributed by atoms with Crippen LogP contribution in [-0.4, -0.2) is 33.9 Å². The molecule has 122 valence electrons. The molecule has 2 heterocycles. The normalized spacial score (nSPS) is 10.6. The molecule has 0 aliphatic rings. The maximum atomic E-state index is 12.6. The summed E-state index contributed by atoms with van der Waals surface area (Å²) < 4.78 is 0. The van der Waals surface area contributed by atoms with Crippen molar-refractivity contribution in [3.05, 3.63) is 54.6 Å². The molecular formula is C18H19N5O. The minimum absolute atomic E-state index is 0.274. The fourth-order valence-electron chi connectivity index (χ4n) is 2.58. The Morgan fingerprint density at radius 1 is 1.08 bits per heavy atom. The van der Waals surface area contributed by atoms with Crippen molar-refractivity contribution in [2.45, 2.75) is 13.8 Å². The summed E-state index contributed by atoms with van der Waals surface area (Å²) >= 11 is 0. The second-order valence-corrected chi connectivity index (χ2v) is 5.27. The monoisotopic (exact) mass is 321 g/mol. The zero-order chi connectivity index (χ0) is 16.9. The van der Waals surface area contributed by atoms with Gasteiger partial charge in [-0.1, -0.05) is 18.2 Å². The number of carbonyl (C=O) groups is 1. The molecule has 0 saturated carbocycles. The average molecular weight is 321 g/mol. The summed E-state index contributed by atoms with van der Waals surface area (Å²) in [4.78, 5) is 27.3. The first kappa shape index (κ1) is 15.9. The highest BCUT2D eigenvalue weighted by molar-refractivity contribution is 6.07. The summed E-state index contributed by atoms with van der Waals surface area (Å²) in [6.07, 6.45) is 3.13. The lowest BCUT2D eigenvalue weighted by Crippen LogP contribution is -2.24. The number of nitrogens with zero attached hydrogens (tertiary/aromatic N) is 4. The van der Waals surface area contributed by atoms with Crippen LogP contribution in [0.4, 0.5) is 11.5 Å². The smallest absolute Gasteiger partial charge is 0.274 e. The van der Waals surface area contributed by atoms with Crippen LogP contribution in [0, 0.1) is 0 Å². The fraction of sp³-hybridized carbons (Fsp3) is 0.222. The molecule has 0 radical (unpaired) electrons. The molecule has 0 bridgehead atoms. The van der Waals surface area contributed by atoms with E-state index in [1.807, 2.05) is 44.2 Å². The van der Waals surface area contributed by atoms with Crippen molar-refractivity contribution in [3.8, 4) is 0 Å². The molecule has 1 N–H and O–H groups in total. The number of pyridine rings is 1. The summed E-state index contributed by atoms with van der Waals surface area (Å²) in [6.45, 7) is 5.74. The second-order valence-electron chi connectivity index (χ2n) is 5.27. The van der Waals surface area contributed by atoms with Gasteiger partial charge in [0.05, 0.1) is 11.2 Å². The molecule has 0 atom stereocenters. The van der Waals surface area contributed by atoms with Crippen LogP contribution in [0.2, 0.25) is 0 Å². The maximum absolute atomic E-state index is 12.6. The third-order valence-electron chi connectivity index (χ3n) is 3.85. The molecule has 0 fully saturated rings. The van der Waals surface area contributed by atoms with E-state index in [9.17, 15) is 4.79 Å². The van der Waals surface area contributed by atoms with E-state index in [0.29, 0.717) is 11.4 Å². The minimum atomic E-state index is -0.274. The molecule has 0 aliphatic carbocycles. The van der Waals surface area contributed by atoms with Gasteiger partial charge >= 0.3 is 0 Å². The molecule has 24 heavy (non-hydrogen) atoms. The van der Waals surface area contributed by atoms with Crippen molar-refractivity contribution < 1.29 is 4.79 Å². The zero-order valence-corrected chi connectivity index (χ0v) is 13.7. The van der Waals surface area contributed by atoms with E-state index in [4.69, 9.17) is 0 Å². The molecular weight excluding hydrogens is 302 g/mol. The Morgan fingerprint density at radius 2 is 1.88 bits per heavy atom. The molecule has 0 saturated heterocycles. The van der Waals surface area contributed by atoms with E-state index >= 15 is 0 Å². The standard InChI is InChI=1S/C18H19N5O/c1-3-23(4-2)16-11-15(20-12-21-16)18(24)22-14-9-5-7-13-8-6-10-19-17(13)14/h5-12H,3-4H2,1-2H3,(H,22,24). The highest BCUT2D eigenvalue weighted by Crippen LogP contribution is 2.21. The topological polar surface area (TPSA) is 71.0 Å². The summed E-state index contributed by atoms with van der Waals surface area (Å²) in [5.74, 6) is 0.472. The predicted octanol–water partition coefficient (Wildman–Crippen LogP) is 3.12. The number of benzene rings is 1. The first-order valence-corrected chi connectivity index (χ1v) is 7.95. The third kappa shape index (κ3) is 3.17. The van der Waals surface area contributed by atoms with Gasteiger partial charge in [0.1, 0.15) is 17.8 Å². The van der Waals surface area contributed by atoms with Gasteiger partial charge in [-0.25, -0.2) is 9.97 Å². The number of aromatic nitrogens is 3. The summed E-state index contributed by atoms with van der Waals surface area (Å²) in [5, 5.41) is 3.87. The number of para-hydroxylation sites is 1. The first-order chi connectivity index (χ1) is 11.7. The molecule has 2 aromatic heterocycles. The predicted molar refractivity (Wildman–Crippen MR) is 95.3 cm³/mol. The number of rotatable bonds is 5. The molecule has 0 aliphatic heterocycles. The van der Waals surface area contributed by atoms with E-state index in [-0.39, 0.29) is 5.91 Å².